The quantitative estimate of drug-likeness (QED) is 0.353. The average Bonchev–Trinajstić information content (AvgIpc) is 2.84. The number of hydrogen-bond donors (Lipinski definition) is 0. The van der Waals surface area contributed by atoms with E-state index in [9.17, 15) is 0 Å². The molecule has 0 radical (unpaired) electrons. The highest BCUT2D eigenvalue weighted by Crippen LogP contribution is 2.40. The summed E-state index contributed by atoms with van der Waals surface area (Å²) in [4.78, 5) is 0. The van der Waals surface area contributed by atoms with Crippen LogP contribution in [0.4, 0.5) is 0 Å². The van der Waals surface area contributed by atoms with Gasteiger partial charge in [0.15, 0.2) is 0 Å². The Balaban J connectivity index is 2.08. The summed E-state index contributed by atoms with van der Waals surface area (Å²) >= 11 is 5.46. The van der Waals surface area contributed by atoms with E-state index in [1.54, 1.807) is 0 Å². The average molecular weight is 353 g/mol. The fraction of sp³-hybridized carbons (Fsp3) is 0.0526. The van der Waals surface area contributed by atoms with Crippen molar-refractivity contribution in [1.29, 1.82) is 0 Å². The van der Waals surface area contributed by atoms with Gasteiger partial charge in [0.2, 0.25) is 0 Å². The van der Waals surface area contributed by atoms with Crippen LogP contribution in [0.5, 0.6) is 0 Å². The van der Waals surface area contributed by atoms with Crippen molar-refractivity contribution in [3.8, 4) is 11.1 Å². The number of fused-ring (bicyclic) bond motifs is 3. The largest absolute Gasteiger partial charge is 0.135 e. The van der Waals surface area contributed by atoms with Crippen LogP contribution in [0.25, 0.3) is 31.3 Å². The molecule has 1 aromatic heterocycles. The molecule has 0 aliphatic rings. The third kappa shape index (κ3) is 2.19. The molecule has 0 saturated carbocycles. The summed E-state index contributed by atoms with van der Waals surface area (Å²) in [6.07, 6.45) is 0. The fourth-order valence-electron chi connectivity index (χ4n) is 2.79. The Morgan fingerprint density at radius 2 is 1.71 bits per heavy atom. The van der Waals surface area contributed by atoms with E-state index in [0.717, 1.165) is 4.47 Å². The van der Waals surface area contributed by atoms with E-state index >= 15 is 0 Å². The van der Waals surface area contributed by atoms with Gasteiger partial charge in [0.05, 0.1) is 0 Å². The lowest BCUT2D eigenvalue weighted by molar-refractivity contribution is 1.52. The van der Waals surface area contributed by atoms with Crippen LogP contribution in [-0.2, 0) is 0 Å². The minimum Gasteiger partial charge on any atom is -0.135 e. The molecule has 0 fully saturated rings. The Hall–Kier alpha value is -1.64. The first-order valence-corrected chi connectivity index (χ1v) is 8.51. The van der Waals surface area contributed by atoms with E-state index in [2.05, 4.69) is 83.5 Å². The van der Waals surface area contributed by atoms with E-state index in [4.69, 9.17) is 0 Å². The lowest BCUT2D eigenvalue weighted by Gasteiger charge is -2.04. The maximum Gasteiger partial charge on any atom is 0.0433 e. The lowest BCUT2D eigenvalue weighted by Crippen LogP contribution is -1.78. The van der Waals surface area contributed by atoms with Crippen LogP contribution in [0.3, 0.4) is 0 Å². The van der Waals surface area contributed by atoms with Crippen molar-refractivity contribution in [3.05, 3.63) is 70.7 Å². The van der Waals surface area contributed by atoms with Gasteiger partial charge in [-0.15, -0.1) is 11.3 Å². The van der Waals surface area contributed by atoms with Crippen molar-refractivity contribution in [1.82, 2.24) is 0 Å². The fourth-order valence-corrected chi connectivity index (χ4v) is 4.52. The molecule has 0 aliphatic heterocycles. The zero-order valence-electron chi connectivity index (χ0n) is 11.6. The zero-order valence-corrected chi connectivity index (χ0v) is 14.0. The molecule has 0 amide bonds. The van der Waals surface area contributed by atoms with Crippen LogP contribution in [0.15, 0.2) is 65.1 Å². The van der Waals surface area contributed by atoms with Gasteiger partial charge in [0, 0.05) is 24.6 Å². The highest BCUT2D eigenvalue weighted by atomic mass is 79.9. The van der Waals surface area contributed by atoms with Gasteiger partial charge in [-0.05, 0) is 41.8 Å². The van der Waals surface area contributed by atoms with Gasteiger partial charge < -0.3 is 0 Å². The van der Waals surface area contributed by atoms with Crippen LogP contribution >= 0.6 is 27.3 Å². The molecule has 21 heavy (non-hydrogen) atoms. The predicted molar refractivity (Wildman–Crippen MR) is 97.2 cm³/mol. The number of halogens is 1. The Kier molecular flexibility index (Phi) is 3.09. The number of benzene rings is 3. The summed E-state index contributed by atoms with van der Waals surface area (Å²) < 4.78 is 3.86. The second kappa shape index (κ2) is 4.97. The first-order chi connectivity index (χ1) is 10.2. The van der Waals surface area contributed by atoms with E-state index in [1.165, 1.54) is 36.9 Å². The smallest absolute Gasteiger partial charge is 0.0433 e. The maximum atomic E-state index is 3.57. The number of rotatable bonds is 1. The first kappa shape index (κ1) is 13.1. The second-order valence-corrected chi connectivity index (χ2v) is 7.26. The SMILES string of the molecule is Cc1ccc2c(c1)sc1c(-c3cccc(Br)c3)cccc12. The molecule has 0 atom stereocenters. The van der Waals surface area contributed by atoms with Crippen LogP contribution in [-0.4, -0.2) is 0 Å². The summed E-state index contributed by atoms with van der Waals surface area (Å²) in [5, 5.41) is 2.71. The molecule has 0 N–H and O–H groups in total. The molecule has 4 rings (SSSR count). The number of aryl methyl sites for hydroxylation is 1. The van der Waals surface area contributed by atoms with Crippen molar-refractivity contribution < 1.29 is 0 Å². The van der Waals surface area contributed by atoms with Crippen LogP contribution in [0, 0.1) is 6.92 Å². The summed E-state index contributed by atoms with van der Waals surface area (Å²) in [5.41, 5.74) is 3.89. The first-order valence-electron chi connectivity index (χ1n) is 6.90. The van der Waals surface area contributed by atoms with E-state index in [-0.39, 0.29) is 0 Å². The summed E-state index contributed by atoms with van der Waals surface area (Å²) in [7, 11) is 0. The van der Waals surface area contributed by atoms with Gasteiger partial charge in [-0.3, -0.25) is 0 Å². The van der Waals surface area contributed by atoms with Gasteiger partial charge in [0.25, 0.3) is 0 Å². The molecular formula is C19H13BrS. The lowest BCUT2D eigenvalue weighted by atomic mass is 10.0. The Labute approximate surface area is 136 Å². The zero-order chi connectivity index (χ0) is 14.4. The van der Waals surface area contributed by atoms with Gasteiger partial charge in [-0.1, -0.05) is 58.4 Å². The number of thiophene rings is 1. The van der Waals surface area contributed by atoms with Crippen molar-refractivity contribution in [3.63, 3.8) is 0 Å². The van der Waals surface area contributed by atoms with E-state index in [1.807, 2.05) is 11.3 Å². The van der Waals surface area contributed by atoms with Crippen molar-refractivity contribution in [2.75, 3.05) is 0 Å². The minimum atomic E-state index is 1.12. The van der Waals surface area contributed by atoms with Gasteiger partial charge in [0.1, 0.15) is 0 Å². The Bertz CT molecular complexity index is 966. The molecule has 0 saturated heterocycles. The molecule has 0 bridgehead atoms. The third-order valence-corrected chi connectivity index (χ3v) is 5.48. The molecule has 0 unspecified atom stereocenters. The second-order valence-electron chi connectivity index (χ2n) is 5.29. The summed E-state index contributed by atoms with van der Waals surface area (Å²) in [6.45, 7) is 2.15. The normalized spacial score (nSPS) is 11.3. The van der Waals surface area contributed by atoms with Gasteiger partial charge in [-0.2, -0.15) is 0 Å². The van der Waals surface area contributed by atoms with Crippen molar-refractivity contribution in [2.45, 2.75) is 6.92 Å². The highest BCUT2D eigenvalue weighted by molar-refractivity contribution is 9.10. The third-order valence-electron chi connectivity index (χ3n) is 3.79. The number of hydrogen-bond acceptors (Lipinski definition) is 1. The topological polar surface area (TPSA) is 0 Å². The van der Waals surface area contributed by atoms with E-state index < -0.39 is 0 Å². The minimum absolute atomic E-state index is 1.12. The van der Waals surface area contributed by atoms with Crippen molar-refractivity contribution >= 4 is 47.4 Å². The maximum absolute atomic E-state index is 3.57. The molecule has 0 nitrogen and oxygen atoms in total. The highest BCUT2D eigenvalue weighted by Gasteiger charge is 2.10. The summed E-state index contributed by atoms with van der Waals surface area (Å²) in [5.74, 6) is 0. The molecule has 1 heterocycles. The standard InChI is InChI=1S/C19H13BrS/c1-12-8-9-16-17-7-3-6-15(19(17)21-18(16)10-12)13-4-2-5-14(20)11-13/h2-11H,1H3. The monoisotopic (exact) mass is 352 g/mol. The molecule has 0 spiro atoms. The van der Waals surface area contributed by atoms with Gasteiger partial charge >= 0.3 is 0 Å². The molecule has 2 heteroatoms. The Morgan fingerprint density at radius 1 is 0.857 bits per heavy atom. The molecule has 0 aliphatic carbocycles. The van der Waals surface area contributed by atoms with Gasteiger partial charge in [-0.25, -0.2) is 0 Å². The molecule has 4 aromatic rings. The molecular weight excluding hydrogens is 340 g/mol. The van der Waals surface area contributed by atoms with Crippen LogP contribution < -0.4 is 0 Å². The van der Waals surface area contributed by atoms with Crippen LogP contribution in [0.1, 0.15) is 5.56 Å². The summed E-state index contributed by atoms with van der Waals surface area (Å²) in [6, 6.07) is 21.8. The van der Waals surface area contributed by atoms with Crippen LogP contribution in [0.2, 0.25) is 0 Å². The molecule has 102 valence electrons. The Morgan fingerprint density at radius 3 is 2.57 bits per heavy atom. The van der Waals surface area contributed by atoms with Crippen molar-refractivity contribution in [2.24, 2.45) is 0 Å². The predicted octanol–water partition coefficient (Wildman–Crippen LogP) is 6.79. The van der Waals surface area contributed by atoms with E-state index in [0.29, 0.717) is 0 Å². The molecule has 3 aromatic carbocycles.